The van der Waals surface area contributed by atoms with Crippen molar-refractivity contribution in [1.29, 1.82) is 0 Å². The van der Waals surface area contributed by atoms with Crippen LogP contribution in [0.5, 0.6) is 23.0 Å². The van der Waals surface area contributed by atoms with Crippen LogP contribution in [0.15, 0.2) is 83.5 Å². The number of ether oxygens (including phenoxy) is 2. The highest BCUT2D eigenvalue weighted by molar-refractivity contribution is 5.97. The van der Waals surface area contributed by atoms with Gasteiger partial charge in [-0.1, -0.05) is 18.2 Å². The lowest BCUT2D eigenvalue weighted by Crippen LogP contribution is -2.40. The lowest BCUT2D eigenvalue weighted by atomic mass is 9.87. The van der Waals surface area contributed by atoms with Gasteiger partial charge in [-0.3, -0.25) is 9.59 Å². The van der Waals surface area contributed by atoms with Crippen LogP contribution in [0, 0.1) is 0 Å². The molecule has 2 amide bonds. The Labute approximate surface area is 219 Å². The molecule has 0 spiro atoms. The van der Waals surface area contributed by atoms with E-state index in [0.717, 1.165) is 16.7 Å². The number of aromatic hydroxyl groups is 1. The van der Waals surface area contributed by atoms with Gasteiger partial charge in [-0.15, -0.1) is 0 Å². The molecular formula is C30H26N2O6. The fourth-order valence-corrected chi connectivity index (χ4v) is 4.99. The first-order chi connectivity index (χ1) is 18.6. The first-order valence-electron chi connectivity index (χ1n) is 12.6. The Morgan fingerprint density at radius 1 is 0.974 bits per heavy atom. The van der Waals surface area contributed by atoms with Crippen LogP contribution in [-0.2, 0) is 6.42 Å². The van der Waals surface area contributed by atoms with Crippen molar-refractivity contribution in [3.63, 3.8) is 0 Å². The monoisotopic (exact) mass is 510 g/mol. The van der Waals surface area contributed by atoms with Gasteiger partial charge in [0.05, 0.1) is 24.5 Å². The molecule has 38 heavy (non-hydrogen) atoms. The zero-order valence-corrected chi connectivity index (χ0v) is 20.6. The van der Waals surface area contributed by atoms with Crippen molar-refractivity contribution >= 4 is 11.8 Å². The number of phenols is 1. The van der Waals surface area contributed by atoms with Gasteiger partial charge >= 0.3 is 0 Å². The van der Waals surface area contributed by atoms with Gasteiger partial charge in [0.1, 0.15) is 23.0 Å². The number of carbonyl (C=O) groups excluding carboxylic acids is 2. The van der Waals surface area contributed by atoms with E-state index >= 15 is 0 Å². The summed E-state index contributed by atoms with van der Waals surface area (Å²) in [6.07, 6.45) is 2.73. The van der Waals surface area contributed by atoms with Gasteiger partial charge < -0.3 is 29.2 Å². The molecule has 192 valence electrons. The number of hydrogen-bond donors (Lipinski definition) is 2. The first-order valence-corrected chi connectivity index (χ1v) is 12.6. The minimum absolute atomic E-state index is 0.119. The van der Waals surface area contributed by atoms with E-state index in [4.69, 9.17) is 13.9 Å². The molecule has 3 aromatic carbocycles. The van der Waals surface area contributed by atoms with Crippen LogP contribution in [-0.4, -0.2) is 41.5 Å². The summed E-state index contributed by atoms with van der Waals surface area (Å²) in [6.45, 7) is 1.30. The molecule has 0 radical (unpaired) electrons. The third kappa shape index (κ3) is 4.56. The average molecular weight is 511 g/mol. The molecule has 1 aromatic heterocycles. The molecule has 0 saturated heterocycles. The third-order valence-corrected chi connectivity index (χ3v) is 6.86. The number of amides is 2. The molecule has 1 atom stereocenters. The lowest BCUT2D eigenvalue weighted by Gasteiger charge is -2.37. The Hall–Kier alpha value is -4.72. The van der Waals surface area contributed by atoms with E-state index in [0.29, 0.717) is 55.5 Å². The Morgan fingerprint density at radius 2 is 1.76 bits per heavy atom. The third-order valence-electron chi connectivity index (χ3n) is 6.86. The number of nitrogens with one attached hydrogen (secondary N) is 1. The van der Waals surface area contributed by atoms with E-state index in [9.17, 15) is 14.7 Å². The molecule has 0 aliphatic carbocycles. The van der Waals surface area contributed by atoms with Crippen LogP contribution in [0.3, 0.4) is 0 Å². The van der Waals surface area contributed by atoms with E-state index in [1.807, 2.05) is 47.4 Å². The maximum atomic E-state index is 13.4. The Kier molecular flexibility index (Phi) is 6.21. The van der Waals surface area contributed by atoms with Gasteiger partial charge in [0.15, 0.2) is 5.76 Å². The standard InChI is InChI=1S/C30H26N2O6/c33-26-11-9-23-18-25(26)29(34)31-13-2-16-36-21-6-4-19(5-7-21)28-24-10-8-22(38-23)17-20(24)12-14-32(28)30(35)27-3-1-15-37-27/h1,3-11,15,17-18,28,33H,2,12-14,16H2,(H,31,34). The first kappa shape index (κ1) is 23.7. The van der Waals surface area contributed by atoms with E-state index in [1.165, 1.54) is 18.4 Å². The van der Waals surface area contributed by atoms with Gasteiger partial charge in [0.2, 0.25) is 0 Å². The van der Waals surface area contributed by atoms with E-state index in [1.54, 1.807) is 18.2 Å². The number of rotatable bonds is 1. The van der Waals surface area contributed by atoms with Crippen LogP contribution in [0.2, 0.25) is 0 Å². The van der Waals surface area contributed by atoms with E-state index in [2.05, 4.69) is 5.32 Å². The fraction of sp³-hybridized carbons (Fsp3) is 0.200. The molecule has 2 N–H and O–H groups in total. The average Bonchev–Trinajstić information content (AvgIpc) is 3.48. The summed E-state index contributed by atoms with van der Waals surface area (Å²) >= 11 is 0. The van der Waals surface area contributed by atoms with Crippen molar-refractivity contribution in [2.45, 2.75) is 18.9 Å². The molecular weight excluding hydrogens is 484 g/mol. The van der Waals surface area contributed by atoms with Gasteiger partial charge in [-0.2, -0.15) is 0 Å². The van der Waals surface area contributed by atoms with Gasteiger partial charge in [-0.05, 0) is 84.1 Å². The number of furan rings is 1. The highest BCUT2D eigenvalue weighted by Crippen LogP contribution is 2.39. The molecule has 4 aliphatic heterocycles. The lowest BCUT2D eigenvalue weighted by molar-refractivity contribution is 0.0661. The van der Waals surface area contributed by atoms with Crippen molar-refractivity contribution < 1.29 is 28.6 Å². The van der Waals surface area contributed by atoms with Crippen molar-refractivity contribution in [2.75, 3.05) is 19.7 Å². The van der Waals surface area contributed by atoms with Gasteiger partial charge in [-0.25, -0.2) is 0 Å². The maximum Gasteiger partial charge on any atom is 0.290 e. The van der Waals surface area contributed by atoms with Crippen molar-refractivity contribution in [1.82, 2.24) is 10.2 Å². The summed E-state index contributed by atoms with van der Waals surface area (Å²) in [7, 11) is 0. The highest BCUT2D eigenvalue weighted by Gasteiger charge is 2.34. The van der Waals surface area contributed by atoms with Crippen molar-refractivity contribution in [3.05, 3.63) is 107 Å². The Bertz CT molecular complexity index is 1480. The number of hydrogen-bond acceptors (Lipinski definition) is 6. The molecule has 0 fully saturated rings. The highest BCUT2D eigenvalue weighted by atomic mass is 16.5. The summed E-state index contributed by atoms with van der Waals surface area (Å²) in [5, 5.41) is 13.1. The maximum absolute atomic E-state index is 13.4. The van der Waals surface area contributed by atoms with Crippen molar-refractivity contribution in [3.8, 4) is 23.0 Å². The summed E-state index contributed by atoms with van der Waals surface area (Å²) in [6, 6.07) is 21.2. The SMILES string of the molecule is O=C1NCCCOc2ccc(cc2)C2c3ccc(cc3CCN2C(=O)c2ccco2)Oc2ccc(O)c1c2. The predicted octanol–water partition coefficient (Wildman–Crippen LogP) is 5.08. The van der Waals surface area contributed by atoms with Gasteiger partial charge in [0, 0.05) is 13.1 Å². The summed E-state index contributed by atoms with van der Waals surface area (Å²) in [4.78, 5) is 27.9. The fourth-order valence-electron chi connectivity index (χ4n) is 4.99. The van der Waals surface area contributed by atoms with Crippen LogP contribution in [0.1, 0.15) is 50.1 Å². The molecule has 8 bridgehead atoms. The Morgan fingerprint density at radius 3 is 2.58 bits per heavy atom. The van der Waals surface area contributed by atoms with Crippen LogP contribution < -0.4 is 14.8 Å². The molecule has 8 nitrogen and oxygen atoms in total. The summed E-state index contributed by atoms with van der Waals surface area (Å²) < 4.78 is 17.4. The number of phenolic OH excluding ortho intramolecular Hbond substituents is 1. The molecule has 4 aliphatic rings. The second kappa shape index (κ2) is 9.97. The molecule has 4 aromatic rings. The minimum Gasteiger partial charge on any atom is -0.507 e. The van der Waals surface area contributed by atoms with Crippen LogP contribution >= 0.6 is 0 Å². The summed E-state index contributed by atoms with van der Waals surface area (Å²) in [5.41, 5.74) is 3.16. The molecule has 0 saturated carbocycles. The second-order valence-corrected chi connectivity index (χ2v) is 9.30. The molecule has 5 heterocycles. The molecule has 8 rings (SSSR count). The smallest absolute Gasteiger partial charge is 0.290 e. The predicted molar refractivity (Wildman–Crippen MR) is 139 cm³/mol. The van der Waals surface area contributed by atoms with E-state index in [-0.39, 0.29) is 29.2 Å². The van der Waals surface area contributed by atoms with Crippen LogP contribution in [0.25, 0.3) is 0 Å². The van der Waals surface area contributed by atoms with Crippen LogP contribution in [0.4, 0.5) is 0 Å². The van der Waals surface area contributed by atoms with E-state index < -0.39 is 0 Å². The summed E-state index contributed by atoms with van der Waals surface area (Å²) in [5.74, 6) is 1.37. The van der Waals surface area contributed by atoms with Crippen molar-refractivity contribution in [2.24, 2.45) is 0 Å². The number of nitrogens with zero attached hydrogens (tertiary/aromatic N) is 1. The quantitative estimate of drug-likeness (QED) is 0.371. The molecule has 8 heteroatoms. The zero-order chi connectivity index (χ0) is 26.1. The normalized spacial score (nSPS) is 17.0. The topological polar surface area (TPSA) is 101 Å². The number of carbonyl (C=O) groups is 2. The largest absolute Gasteiger partial charge is 0.507 e. The number of fused-ring (bicyclic) bond motifs is 1. The minimum atomic E-state index is -0.384. The van der Waals surface area contributed by atoms with Gasteiger partial charge in [0.25, 0.3) is 11.8 Å². The molecule has 1 unspecified atom stereocenters. The number of benzene rings is 3. The zero-order valence-electron chi connectivity index (χ0n) is 20.6. The Balaban J connectivity index is 1.42. The second-order valence-electron chi connectivity index (χ2n) is 9.30.